The molecule has 0 fully saturated rings. The molecule has 0 spiro atoms. The lowest BCUT2D eigenvalue weighted by molar-refractivity contribution is -0.384. The average molecular weight is 309 g/mol. The van der Waals surface area contributed by atoms with Crippen molar-refractivity contribution >= 4 is 29.4 Å². The first-order chi connectivity index (χ1) is 11.1. The summed E-state index contributed by atoms with van der Waals surface area (Å²) in [5, 5.41) is 14.4. The highest BCUT2D eigenvalue weighted by atomic mass is 16.6. The molecule has 0 saturated carbocycles. The van der Waals surface area contributed by atoms with Gasteiger partial charge in [-0.2, -0.15) is 5.10 Å². The van der Waals surface area contributed by atoms with Gasteiger partial charge in [0.25, 0.3) is 5.69 Å². The van der Waals surface area contributed by atoms with Crippen molar-refractivity contribution in [2.75, 3.05) is 5.43 Å². The van der Waals surface area contributed by atoms with E-state index >= 15 is 0 Å². The Morgan fingerprint density at radius 3 is 2.48 bits per heavy atom. The van der Waals surface area contributed by atoms with Crippen LogP contribution in [0.15, 0.2) is 65.8 Å². The van der Waals surface area contributed by atoms with Gasteiger partial charge in [0.15, 0.2) is 5.78 Å². The molecule has 0 saturated heterocycles. The zero-order chi connectivity index (χ0) is 16.5. The summed E-state index contributed by atoms with van der Waals surface area (Å²) >= 11 is 0. The van der Waals surface area contributed by atoms with Gasteiger partial charge in [0.2, 0.25) is 0 Å². The predicted molar refractivity (Wildman–Crippen MR) is 90.3 cm³/mol. The van der Waals surface area contributed by atoms with Crippen molar-refractivity contribution in [2.45, 2.75) is 6.42 Å². The molecule has 0 aliphatic carbocycles. The summed E-state index contributed by atoms with van der Waals surface area (Å²) in [5.41, 5.74) is 4.30. The molecule has 6 heteroatoms. The fourth-order valence-corrected chi connectivity index (χ4v) is 1.73. The molecule has 0 unspecified atom stereocenters. The maximum atomic E-state index is 11.7. The van der Waals surface area contributed by atoms with Gasteiger partial charge in [-0.25, -0.2) is 0 Å². The molecule has 0 aliphatic heterocycles. The third kappa shape index (κ3) is 5.55. The molecule has 1 N–H and O–H groups in total. The molecule has 2 rings (SSSR count). The highest BCUT2D eigenvalue weighted by Gasteiger charge is 2.02. The van der Waals surface area contributed by atoms with Gasteiger partial charge in [-0.05, 0) is 23.8 Å². The van der Waals surface area contributed by atoms with Gasteiger partial charge >= 0.3 is 0 Å². The SMILES string of the molecule is O=C(/C=C/c1ccccc1)C/C=N/Nc1ccc([N+](=O)[O-])cc1. The molecule has 116 valence electrons. The van der Waals surface area contributed by atoms with Gasteiger partial charge in [-0.15, -0.1) is 0 Å². The van der Waals surface area contributed by atoms with Crippen molar-refractivity contribution in [3.63, 3.8) is 0 Å². The molecular formula is C17H15N3O3. The van der Waals surface area contributed by atoms with E-state index in [0.29, 0.717) is 5.69 Å². The van der Waals surface area contributed by atoms with E-state index in [2.05, 4.69) is 10.5 Å². The van der Waals surface area contributed by atoms with Gasteiger partial charge in [-0.3, -0.25) is 20.3 Å². The van der Waals surface area contributed by atoms with Gasteiger partial charge in [0.05, 0.1) is 10.6 Å². The average Bonchev–Trinajstić information content (AvgIpc) is 2.58. The lowest BCUT2D eigenvalue weighted by Crippen LogP contribution is -1.96. The Labute approximate surface area is 133 Å². The molecule has 0 bridgehead atoms. The zero-order valence-corrected chi connectivity index (χ0v) is 12.3. The van der Waals surface area contributed by atoms with E-state index in [9.17, 15) is 14.9 Å². The summed E-state index contributed by atoms with van der Waals surface area (Å²) in [7, 11) is 0. The Morgan fingerprint density at radius 1 is 1.13 bits per heavy atom. The van der Waals surface area contributed by atoms with E-state index in [1.54, 1.807) is 18.2 Å². The Kier molecular flexibility index (Phi) is 5.76. The monoisotopic (exact) mass is 309 g/mol. The van der Waals surface area contributed by atoms with Crippen molar-refractivity contribution in [3.05, 3.63) is 76.4 Å². The summed E-state index contributed by atoms with van der Waals surface area (Å²) < 4.78 is 0. The number of carbonyl (C=O) groups excluding carboxylic acids is 1. The van der Waals surface area contributed by atoms with Gasteiger partial charge in [0.1, 0.15) is 0 Å². The van der Waals surface area contributed by atoms with Gasteiger partial charge in [0, 0.05) is 24.8 Å². The number of hydrazone groups is 1. The van der Waals surface area contributed by atoms with Crippen molar-refractivity contribution in [1.29, 1.82) is 0 Å². The Bertz CT molecular complexity index is 723. The zero-order valence-electron chi connectivity index (χ0n) is 12.3. The number of hydrogen-bond donors (Lipinski definition) is 1. The number of nitro groups is 1. The number of non-ortho nitro benzene ring substituents is 1. The van der Waals surface area contributed by atoms with Crippen LogP contribution in [0.25, 0.3) is 6.08 Å². The number of benzene rings is 2. The molecule has 23 heavy (non-hydrogen) atoms. The number of nitro benzene ring substituents is 1. The first-order valence-electron chi connectivity index (χ1n) is 6.93. The van der Waals surface area contributed by atoms with Crippen molar-refractivity contribution in [3.8, 4) is 0 Å². The molecule has 0 aromatic heterocycles. The van der Waals surface area contributed by atoms with Crippen molar-refractivity contribution in [1.82, 2.24) is 0 Å². The Morgan fingerprint density at radius 2 is 1.83 bits per heavy atom. The Hall–Kier alpha value is -3.28. The predicted octanol–water partition coefficient (Wildman–Crippen LogP) is 3.67. The van der Waals surface area contributed by atoms with Crippen LogP contribution in [-0.4, -0.2) is 16.9 Å². The molecule has 0 radical (unpaired) electrons. The first-order valence-corrected chi connectivity index (χ1v) is 6.93. The minimum absolute atomic E-state index is 0.0146. The van der Waals surface area contributed by atoms with E-state index in [-0.39, 0.29) is 17.9 Å². The topological polar surface area (TPSA) is 84.6 Å². The van der Waals surface area contributed by atoms with Crippen LogP contribution in [0.4, 0.5) is 11.4 Å². The normalized spacial score (nSPS) is 11.0. The van der Waals surface area contributed by atoms with Crippen LogP contribution in [-0.2, 0) is 4.79 Å². The fourth-order valence-electron chi connectivity index (χ4n) is 1.73. The maximum absolute atomic E-state index is 11.7. The van der Waals surface area contributed by atoms with Crippen LogP contribution >= 0.6 is 0 Å². The van der Waals surface area contributed by atoms with E-state index in [4.69, 9.17) is 0 Å². The third-order valence-corrected chi connectivity index (χ3v) is 2.92. The number of rotatable bonds is 7. The highest BCUT2D eigenvalue weighted by molar-refractivity contribution is 6.01. The standard InChI is InChI=1S/C17H15N3O3/c21-17(11-6-14-4-2-1-3-5-14)12-13-18-19-15-7-9-16(10-8-15)20(22)23/h1-11,13,19H,12H2/b11-6+,18-13+. The number of carbonyl (C=O) groups is 1. The summed E-state index contributed by atoms with van der Waals surface area (Å²) in [5.74, 6) is -0.0666. The smallest absolute Gasteiger partial charge is 0.269 e. The fraction of sp³-hybridized carbons (Fsp3) is 0.0588. The quantitative estimate of drug-likeness (QED) is 0.366. The first kappa shape index (κ1) is 16.1. The van der Waals surface area contributed by atoms with Crippen LogP contribution in [0.5, 0.6) is 0 Å². The second kappa shape index (κ2) is 8.23. The number of nitrogens with zero attached hydrogens (tertiary/aromatic N) is 2. The second-order valence-electron chi connectivity index (χ2n) is 4.64. The molecular weight excluding hydrogens is 294 g/mol. The molecule has 2 aromatic carbocycles. The van der Waals surface area contributed by atoms with Crippen molar-refractivity contribution in [2.24, 2.45) is 5.10 Å². The molecule has 0 amide bonds. The largest absolute Gasteiger partial charge is 0.294 e. The summed E-state index contributed by atoms with van der Waals surface area (Å²) in [6, 6.07) is 15.4. The molecule has 0 heterocycles. The molecule has 0 aliphatic rings. The highest BCUT2D eigenvalue weighted by Crippen LogP contribution is 2.15. The number of allylic oxidation sites excluding steroid dienone is 1. The molecule has 6 nitrogen and oxygen atoms in total. The number of hydrogen-bond acceptors (Lipinski definition) is 5. The minimum atomic E-state index is -0.467. The van der Waals surface area contributed by atoms with E-state index in [0.717, 1.165) is 5.56 Å². The molecule has 2 aromatic rings. The molecule has 0 atom stereocenters. The van der Waals surface area contributed by atoms with Crippen molar-refractivity contribution < 1.29 is 9.72 Å². The van der Waals surface area contributed by atoms with Crippen LogP contribution in [0.2, 0.25) is 0 Å². The van der Waals surface area contributed by atoms with Crippen LogP contribution in [0.1, 0.15) is 12.0 Å². The number of nitrogens with one attached hydrogen (secondary N) is 1. The summed E-state index contributed by atoms with van der Waals surface area (Å²) in [6.07, 6.45) is 4.88. The second-order valence-corrected chi connectivity index (χ2v) is 4.64. The van der Waals surface area contributed by atoms with E-state index < -0.39 is 4.92 Å². The summed E-state index contributed by atoms with van der Waals surface area (Å²) in [6.45, 7) is 0. The van der Waals surface area contributed by atoms with Crippen LogP contribution < -0.4 is 5.43 Å². The Balaban J connectivity index is 1.79. The lowest BCUT2D eigenvalue weighted by atomic mass is 10.2. The van der Waals surface area contributed by atoms with E-state index in [1.807, 2.05) is 30.3 Å². The maximum Gasteiger partial charge on any atom is 0.269 e. The number of anilines is 1. The van der Waals surface area contributed by atoms with Gasteiger partial charge < -0.3 is 0 Å². The van der Waals surface area contributed by atoms with Crippen LogP contribution in [0, 0.1) is 10.1 Å². The number of ketones is 1. The summed E-state index contributed by atoms with van der Waals surface area (Å²) in [4.78, 5) is 21.7. The lowest BCUT2D eigenvalue weighted by Gasteiger charge is -1.98. The van der Waals surface area contributed by atoms with Crippen LogP contribution in [0.3, 0.4) is 0 Å². The third-order valence-electron chi connectivity index (χ3n) is 2.92. The minimum Gasteiger partial charge on any atom is -0.294 e. The van der Waals surface area contributed by atoms with E-state index in [1.165, 1.54) is 24.4 Å². The van der Waals surface area contributed by atoms with Gasteiger partial charge in [-0.1, -0.05) is 36.4 Å².